The number of thioether (sulfide) groups is 1. The zero-order chi connectivity index (χ0) is 29.8. The minimum absolute atomic E-state index is 0.188. The number of amides is 1. The van der Waals surface area contributed by atoms with Gasteiger partial charge in [0.05, 0.1) is 36.4 Å². The molecule has 43 heavy (non-hydrogen) atoms. The van der Waals surface area contributed by atoms with E-state index in [4.69, 9.17) is 14.2 Å². The predicted molar refractivity (Wildman–Crippen MR) is 174 cm³/mol. The first-order valence-corrected chi connectivity index (χ1v) is 15.4. The molecule has 216 valence electrons. The summed E-state index contributed by atoms with van der Waals surface area (Å²) in [4.78, 5) is 17.4. The third kappa shape index (κ3) is 6.00. The molecule has 0 radical (unpaired) electrons. The molecule has 6 rings (SSSR count). The first-order valence-electron chi connectivity index (χ1n) is 13.6. The first-order chi connectivity index (χ1) is 21.1. The molecule has 7 nitrogen and oxygen atoms in total. The van der Waals surface area contributed by atoms with Crippen LogP contribution in [0.5, 0.6) is 17.2 Å². The van der Waals surface area contributed by atoms with E-state index in [0.29, 0.717) is 17.3 Å². The monoisotopic (exact) mass is 607 g/mol. The van der Waals surface area contributed by atoms with E-state index < -0.39 is 0 Å². The Balaban J connectivity index is 1.35. The van der Waals surface area contributed by atoms with Gasteiger partial charge in [-0.3, -0.25) is 4.79 Å². The number of carbonyl (C=O) groups is 1. The highest BCUT2D eigenvalue weighted by atomic mass is 32.2. The smallest absolute Gasteiger partial charge is 0.250 e. The second kappa shape index (κ2) is 12.7. The van der Waals surface area contributed by atoms with Gasteiger partial charge in [0, 0.05) is 22.6 Å². The van der Waals surface area contributed by atoms with Crippen molar-refractivity contribution in [2.75, 3.05) is 20.0 Å². The molecular weight excluding hydrogens is 579 g/mol. The number of benzene rings is 4. The van der Waals surface area contributed by atoms with Crippen LogP contribution in [0, 0.1) is 6.92 Å². The molecule has 0 saturated heterocycles. The van der Waals surface area contributed by atoms with E-state index in [9.17, 15) is 4.79 Å². The van der Waals surface area contributed by atoms with E-state index in [1.807, 2.05) is 72.8 Å². The Bertz CT molecular complexity index is 1830. The summed E-state index contributed by atoms with van der Waals surface area (Å²) in [6.45, 7) is 2.10. The molecule has 0 bridgehead atoms. The highest BCUT2D eigenvalue weighted by molar-refractivity contribution is 8.01. The van der Waals surface area contributed by atoms with E-state index in [2.05, 4.69) is 40.6 Å². The predicted octanol–water partition coefficient (Wildman–Crippen LogP) is 7.45. The molecule has 0 spiro atoms. The maximum atomic E-state index is 12.8. The highest BCUT2D eigenvalue weighted by Crippen LogP contribution is 2.46. The number of fused-ring (bicyclic) bond motifs is 2. The number of hydrogen-bond donors (Lipinski definition) is 1. The second-order valence-corrected chi connectivity index (χ2v) is 12.1. The van der Waals surface area contributed by atoms with Gasteiger partial charge in [-0.05, 0) is 54.4 Å². The fourth-order valence-corrected chi connectivity index (χ4v) is 6.97. The van der Waals surface area contributed by atoms with Crippen molar-refractivity contribution in [3.8, 4) is 17.2 Å². The van der Waals surface area contributed by atoms with Crippen molar-refractivity contribution in [2.24, 2.45) is 5.10 Å². The number of allylic oxidation sites excluding steroid dienone is 1. The molecule has 9 heteroatoms. The Hall–Kier alpha value is -4.60. The lowest BCUT2D eigenvalue weighted by molar-refractivity contribution is -0.118. The number of para-hydroxylation sites is 2. The van der Waals surface area contributed by atoms with Gasteiger partial charge in [0.15, 0.2) is 15.8 Å². The number of hydrazone groups is 1. The van der Waals surface area contributed by atoms with Crippen LogP contribution in [0.25, 0.3) is 16.0 Å². The molecule has 5 aromatic rings. The number of thiazole rings is 1. The van der Waals surface area contributed by atoms with Crippen molar-refractivity contribution < 1.29 is 19.0 Å². The van der Waals surface area contributed by atoms with Gasteiger partial charge >= 0.3 is 0 Å². The number of hydrogen-bond acceptors (Lipinski definition) is 8. The largest absolute Gasteiger partial charge is 0.493 e. The van der Waals surface area contributed by atoms with E-state index >= 15 is 0 Å². The minimum atomic E-state index is -0.224. The van der Waals surface area contributed by atoms with Gasteiger partial charge in [0.25, 0.3) is 5.91 Å². The number of nitrogens with one attached hydrogen (secondary N) is 1. The normalized spacial score (nSPS) is 14.4. The summed E-state index contributed by atoms with van der Waals surface area (Å²) in [5, 5.41) is 4.43. The number of carbonyl (C=O) groups excluding carboxylic acids is 1. The van der Waals surface area contributed by atoms with Crippen LogP contribution in [-0.2, 0) is 4.79 Å². The van der Waals surface area contributed by atoms with Gasteiger partial charge in [-0.2, -0.15) is 5.10 Å². The molecular formula is C34H29N3O4S2. The number of aryl methyl sites for hydroxylation is 1. The van der Waals surface area contributed by atoms with Gasteiger partial charge in [0.2, 0.25) is 0 Å². The molecule has 0 fully saturated rings. The van der Waals surface area contributed by atoms with E-state index in [1.54, 1.807) is 31.8 Å². The summed E-state index contributed by atoms with van der Waals surface area (Å²) in [7, 11) is 3.21. The maximum Gasteiger partial charge on any atom is 0.250 e. The molecule has 0 saturated carbocycles. The van der Waals surface area contributed by atoms with Gasteiger partial charge in [-0.25, -0.2) is 10.4 Å². The number of methoxy groups -OCH3 is 2. The summed E-state index contributed by atoms with van der Waals surface area (Å²) >= 11 is 2.97. The van der Waals surface area contributed by atoms with Crippen molar-refractivity contribution in [3.05, 3.63) is 119 Å². The molecule has 1 N–H and O–H groups in total. The van der Waals surface area contributed by atoms with Crippen molar-refractivity contribution in [3.63, 3.8) is 0 Å². The van der Waals surface area contributed by atoms with Gasteiger partial charge in [-0.15, -0.1) is 11.3 Å². The lowest BCUT2D eigenvalue weighted by Crippen LogP contribution is -2.22. The van der Waals surface area contributed by atoms with Crippen LogP contribution in [0.4, 0.5) is 0 Å². The summed E-state index contributed by atoms with van der Waals surface area (Å²) in [5.41, 5.74) is 8.52. The van der Waals surface area contributed by atoms with E-state index in [1.165, 1.54) is 11.8 Å². The van der Waals surface area contributed by atoms with Crippen LogP contribution in [0.2, 0.25) is 0 Å². The zero-order valence-corrected chi connectivity index (χ0v) is 25.5. The molecule has 0 aliphatic carbocycles. The Morgan fingerprint density at radius 2 is 1.72 bits per heavy atom. The maximum absolute atomic E-state index is 12.8. The van der Waals surface area contributed by atoms with Crippen molar-refractivity contribution in [2.45, 2.75) is 17.2 Å². The van der Waals surface area contributed by atoms with Crippen LogP contribution in [-0.4, -0.2) is 37.1 Å². The molecule has 1 aliphatic rings. The molecule has 1 atom stereocenters. The zero-order valence-electron chi connectivity index (χ0n) is 23.9. The lowest BCUT2D eigenvalue weighted by atomic mass is 9.80. The molecule has 1 amide bonds. The third-order valence-electron chi connectivity index (χ3n) is 7.15. The number of ether oxygens (including phenoxy) is 3. The van der Waals surface area contributed by atoms with Crippen LogP contribution >= 0.6 is 23.1 Å². The average molecular weight is 608 g/mol. The second-order valence-electron chi connectivity index (χ2n) is 9.81. The topological polar surface area (TPSA) is 82.0 Å². The van der Waals surface area contributed by atoms with E-state index in [-0.39, 0.29) is 17.6 Å². The Kier molecular flexibility index (Phi) is 8.44. The first kappa shape index (κ1) is 28.5. The number of nitrogens with zero attached hydrogens (tertiary/aromatic N) is 2. The highest BCUT2D eigenvalue weighted by Gasteiger charge is 2.32. The van der Waals surface area contributed by atoms with E-state index in [0.717, 1.165) is 48.1 Å². The van der Waals surface area contributed by atoms with Crippen molar-refractivity contribution >= 4 is 51.2 Å². The number of aromatic nitrogens is 1. The van der Waals surface area contributed by atoms with Crippen LogP contribution in [0.15, 0.2) is 106 Å². The number of rotatable bonds is 9. The molecule has 2 heterocycles. The fraction of sp³-hybridized carbons (Fsp3) is 0.147. The molecule has 1 unspecified atom stereocenters. The molecule has 1 aliphatic heterocycles. The summed E-state index contributed by atoms with van der Waals surface area (Å²) < 4.78 is 19.6. The Morgan fingerprint density at radius 1 is 0.977 bits per heavy atom. The van der Waals surface area contributed by atoms with Crippen LogP contribution in [0.1, 0.15) is 28.2 Å². The lowest BCUT2D eigenvalue weighted by Gasteiger charge is -2.30. The van der Waals surface area contributed by atoms with Crippen molar-refractivity contribution in [1.29, 1.82) is 0 Å². The van der Waals surface area contributed by atoms with Gasteiger partial charge in [-0.1, -0.05) is 66.4 Å². The molecule has 1 aromatic heterocycles. The SMILES string of the molecule is COc1ccc(C2=C(C=NNC(=O)CSc3nc4ccccc4s3)C(c3ccccc3C)c3ccccc3O2)cc1OC. The Morgan fingerprint density at radius 3 is 2.51 bits per heavy atom. The van der Waals surface area contributed by atoms with Crippen LogP contribution in [0.3, 0.4) is 0 Å². The summed E-state index contributed by atoms with van der Waals surface area (Å²) in [6, 6.07) is 29.9. The quantitative estimate of drug-likeness (QED) is 0.106. The third-order valence-corrected chi connectivity index (χ3v) is 9.33. The van der Waals surface area contributed by atoms with Gasteiger partial charge in [0.1, 0.15) is 11.5 Å². The standard InChI is InChI=1S/C34H29N3O4S2/c1-21-10-4-5-11-23(21)32-24-12-6-8-14-27(24)41-33(22-16-17-28(39-2)29(18-22)40-3)25(32)19-35-37-31(38)20-42-34-36-26-13-7-9-15-30(26)43-34/h4-19,32H,20H2,1-3H3,(H,37,38). The Labute approximate surface area is 258 Å². The minimum Gasteiger partial charge on any atom is -0.493 e. The summed E-state index contributed by atoms with van der Waals surface area (Å²) in [5.74, 6) is 2.36. The van der Waals surface area contributed by atoms with Crippen molar-refractivity contribution in [1.82, 2.24) is 10.4 Å². The fourth-order valence-electron chi connectivity index (χ4n) is 5.11. The molecule has 4 aromatic carbocycles. The average Bonchev–Trinajstić information content (AvgIpc) is 3.47. The summed E-state index contributed by atoms with van der Waals surface area (Å²) in [6.07, 6.45) is 1.69. The van der Waals surface area contributed by atoms with Crippen LogP contribution < -0.4 is 19.6 Å². The van der Waals surface area contributed by atoms with Gasteiger partial charge < -0.3 is 14.2 Å².